The maximum atomic E-state index is 10.7. The normalized spacial score (nSPS) is 7.43. The molecule has 0 amide bonds. The quantitative estimate of drug-likeness (QED) is 0.476. The maximum Gasteiger partial charge on any atom is 0.0689 e. The molecule has 0 aliphatic heterocycles. The second-order valence-corrected chi connectivity index (χ2v) is 4.51. The van der Waals surface area contributed by atoms with E-state index in [1.54, 1.807) is 0 Å². The molecule has 0 bridgehead atoms. The fraction of sp³-hybridized carbons (Fsp3) is 0.200. The summed E-state index contributed by atoms with van der Waals surface area (Å²) < 4.78 is 0.260. The van der Waals surface area contributed by atoms with Gasteiger partial charge in [-0.1, -0.05) is 0 Å². The van der Waals surface area contributed by atoms with Crippen molar-refractivity contribution in [3.8, 4) is 0 Å². The number of Topliss-reactive ketones (excluding diaryl/α,β-unsaturated/α-hetero) is 1. The molecule has 0 aromatic heterocycles. The van der Waals surface area contributed by atoms with E-state index >= 15 is 0 Å². The standard InChI is InChI=1S/C7H5O.C3H6O.2NO3.Nd/c8-6-7-4-2-1-3-5-7;1-3(2)4;2*2-1(3)4;/h1-5H;1-2H3;;;/q;;2*-1;+2. The van der Waals surface area contributed by atoms with E-state index < -0.39 is 10.2 Å². The number of nitrogens with zero attached hydrogens (tertiary/aromatic N) is 2. The van der Waals surface area contributed by atoms with Gasteiger partial charge in [-0.3, -0.25) is 0 Å². The zero-order valence-corrected chi connectivity index (χ0v) is 14.3. The summed E-state index contributed by atoms with van der Waals surface area (Å²) >= 11 is 0.618. The molecule has 11 heteroatoms. The minimum atomic E-state index is -1.75. The molecule has 1 aromatic carbocycles. The van der Waals surface area contributed by atoms with Crippen molar-refractivity contribution in [2.45, 2.75) is 13.8 Å². The van der Waals surface area contributed by atoms with Gasteiger partial charge in [0.1, 0.15) is 5.78 Å². The third kappa shape index (κ3) is 45.8. The van der Waals surface area contributed by atoms with Gasteiger partial charge < -0.3 is 35.4 Å². The Labute approximate surface area is 145 Å². The molecule has 21 heavy (non-hydrogen) atoms. The number of hydrogen-bond donors (Lipinski definition) is 0. The third-order valence-corrected chi connectivity index (χ3v) is 1.96. The average Bonchev–Trinajstić information content (AvgIpc) is 2.27. The molecule has 1 rings (SSSR count). The van der Waals surface area contributed by atoms with Gasteiger partial charge in [0.2, 0.25) is 0 Å². The number of carbonyl (C=O) groups excluding carboxylic acids is 2. The molecule has 0 radical (unpaired) electrons. The molecule has 113 valence electrons. The van der Waals surface area contributed by atoms with Gasteiger partial charge in [-0.15, -0.1) is 0 Å². The molecule has 0 saturated heterocycles. The van der Waals surface area contributed by atoms with Crippen molar-refractivity contribution in [1.82, 2.24) is 0 Å². The van der Waals surface area contributed by atoms with Crippen LogP contribution < -0.4 is 0 Å². The summed E-state index contributed by atoms with van der Waals surface area (Å²) in [5.41, 5.74) is 0.837. The molecule has 0 aliphatic rings. The van der Waals surface area contributed by atoms with Crippen LogP contribution in [0.2, 0.25) is 0 Å². The van der Waals surface area contributed by atoms with Gasteiger partial charge in [0, 0.05) is 0 Å². The van der Waals surface area contributed by atoms with Crippen LogP contribution in [0.25, 0.3) is 0 Å². The first-order chi connectivity index (χ1) is 9.50. The van der Waals surface area contributed by atoms with E-state index in [9.17, 15) is 9.59 Å². The fourth-order valence-electron chi connectivity index (χ4n) is 0.590. The number of hydrogen-bond acceptors (Lipinski definition) is 8. The minimum absolute atomic E-state index is 0.167. The number of carbonyl (C=O) groups is 2. The van der Waals surface area contributed by atoms with E-state index in [2.05, 4.69) is 0 Å². The van der Waals surface area contributed by atoms with Crippen LogP contribution in [0, 0.1) is 69.4 Å². The fourth-order valence-corrected chi connectivity index (χ4v) is 1.12. The van der Waals surface area contributed by atoms with Crippen molar-refractivity contribution in [2.24, 2.45) is 0 Å². The second-order valence-electron chi connectivity index (χ2n) is 3.05. The average molecular weight is 431 g/mol. The Morgan fingerprint density at radius 2 is 1.14 bits per heavy atom. The van der Waals surface area contributed by atoms with Gasteiger partial charge in [0.25, 0.3) is 0 Å². The molecular formula is C10H11N2NdO8. The molecule has 0 aliphatic carbocycles. The Balaban J connectivity index is -0.000000230. The van der Waals surface area contributed by atoms with E-state index in [1.165, 1.54) is 13.8 Å². The van der Waals surface area contributed by atoms with Gasteiger partial charge in [0.15, 0.2) is 0 Å². The summed E-state index contributed by atoms with van der Waals surface area (Å²) in [6.45, 7) is 3.06. The summed E-state index contributed by atoms with van der Waals surface area (Å²) in [6, 6.07) is 9.36. The summed E-state index contributed by atoms with van der Waals surface area (Å²) in [5, 5.41) is 29.5. The summed E-state index contributed by atoms with van der Waals surface area (Å²) in [4.78, 5) is 36.7. The third-order valence-electron chi connectivity index (χ3n) is 1.04. The summed E-state index contributed by atoms with van der Waals surface area (Å²) in [7, 11) is 0. The van der Waals surface area contributed by atoms with Crippen LogP contribution in [0.4, 0.5) is 0 Å². The summed E-state index contributed by atoms with van der Waals surface area (Å²) in [6.07, 6.45) is 0. The topological polar surface area (TPSA) is 167 Å². The van der Waals surface area contributed by atoms with Crippen LogP contribution >= 0.6 is 0 Å². The van der Waals surface area contributed by atoms with Crippen molar-refractivity contribution < 1.29 is 58.5 Å². The Bertz CT molecular complexity index is 411. The minimum Gasteiger partial charge on any atom is -0.356 e. The summed E-state index contributed by atoms with van der Waals surface area (Å²) in [5.74, 6) is 0.167. The van der Waals surface area contributed by atoms with Crippen LogP contribution in [-0.4, -0.2) is 17.4 Å². The van der Waals surface area contributed by atoms with Crippen molar-refractivity contribution in [1.29, 1.82) is 0 Å². The molecule has 0 heterocycles. The Kier molecular flexibility index (Phi) is 19.0. The van der Waals surface area contributed by atoms with Crippen LogP contribution in [0.15, 0.2) is 30.3 Å². The first kappa shape index (κ1) is 24.3. The number of rotatable bonds is 1. The number of ketones is 1. The van der Waals surface area contributed by atoms with E-state index in [-0.39, 0.29) is 7.22 Å². The smallest absolute Gasteiger partial charge is 0.0689 e. The van der Waals surface area contributed by atoms with E-state index in [1.807, 2.05) is 30.3 Å². The van der Waals surface area contributed by atoms with E-state index in [4.69, 9.17) is 30.6 Å². The second kappa shape index (κ2) is 16.4. The van der Waals surface area contributed by atoms with Gasteiger partial charge >= 0.3 is 80.9 Å². The van der Waals surface area contributed by atoms with Crippen molar-refractivity contribution in [2.75, 3.05) is 0 Å². The maximum absolute atomic E-state index is 10.7. The first-order valence-corrected chi connectivity index (χ1v) is 6.52. The van der Waals surface area contributed by atoms with Crippen LogP contribution in [0.3, 0.4) is 0 Å². The largest absolute Gasteiger partial charge is 0.356 e. The molecule has 0 N–H and O–H groups in total. The van der Waals surface area contributed by atoms with Crippen molar-refractivity contribution >= 4 is 7.22 Å². The van der Waals surface area contributed by atoms with Gasteiger partial charge in [-0.05, 0) is 13.8 Å². The molecule has 10 nitrogen and oxygen atoms in total. The monoisotopic (exact) mass is 429 g/mol. The van der Waals surface area contributed by atoms with Crippen molar-refractivity contribution in [3.05, 3.63) is 66.5 Å². The van der Waals surface area contributed by atoms with Crippen LogP contribution in [0.5, 0.6) is 0 Å². The molecule has 0 saturated carbocycles. The molecule has 0 spiro atoms. The molecule has 1 aromatic rings. The SMILES string of the molecule is CC(C)=O.O=[C]([Nd+2])c1ccccc1.O=[N+]([O-])[O-].O=[N+]([O-])[O-]. The molecule has 0 fully saturated rings. The van der Waals surface area contributed by atoms with Gasteiger partial charge in [-0.2, -0.15) is 0 Å². The van der Waals surface area contributed by atoms with E-state index in [0.717, 1.165) is 5.56 Å². The first-order valence-electron chi connectivity index (χ1n) is 4.91. The zero-order valence-electron chi connectivity index (χ0n) is 11.0. The number of benzene rings is 1. The predicted octanol–water partition coefficient (Wildman–Crippen LogP) is 1.49. The van der Waals surface area contributed by atoms with Gasteiger partial charge in [0.05, 0.1) is 10.2 Å². The van der Waals surface area contributed by atoms with Crippen molar-refractivity contribution in [3.63, 3.8) is 0 Å². The Morgan fingerprint density at radius 1 is 0.905 bits per heavy atom. The van der Waals surface area contributed by atoms with E-state index in [0.29, 0.717) is 38.8 Å². The zero-order chi connectivity index (χ0) is 17.4. The molecule has 0 unspecified atom stereocenters. The molecular weight excluding hydrogens is 420 g/mol. The molecule has 0 atom stereocenters. The van der Waals surface area contributed by atoms with Crippen LogP contribution in [-0.2, 0) is 4.79 Å². The predicted molar refractivity (Wildman–Crippen MR) is 67.9 cm³/mol. The van der Waals surface area contributed by atoms with Crippen LogP contribution in [0.1, 0.15) is 24.2 Å². The Hall–Kier alpha value is -1.69. The Morgan fingerprint density at radius 3 is 1.29 bits per heavy atom. The van der Waals surface area contributed by atoms with Gasteiger partial charge in [-0.25, -0.2) is 0 Å².